The molecule has 2 atom stereocenters. The van der Waals surface area contributed by atoms with Gasteiger partial charge in [-0.2, -0.15) is 0 Å². The fourth-order valence-electron chi connectivity index (χ4n) is 2.49. The molecule has 2 unspecified atom stereocenters. The summed E-state index contributed by atoms with van der Waals surface area (Å²) in [6.45, 7) is 3.77. The quantitative estimate of drug-likeness (QED) is 0.750. The van der Waals surface area contributed by atoms with Crippen molar-refractivity contribution in [2.75, 3.05) is 23.7 Å². The molecule has 4 heteroatoms. The Morgan fingerprint density at radius 1 is 1.33 bits per heavy atom. The van der Waals surface area contributed by atoms with Gasteiger partial charge in [0.15, 0.2) is 0 Å². The molecule has 1 aromatic heterocycles. The van der Waals surface area contributed by atoms with Gasteiger partial charge >= 0.3 is 0 Å². The van der Waals surface area contributed by atoms with E-state index >= 15 is 0 Å². The van der Waals surface area contributed by atoms with Crippen LogP contribution in [-0.4, -0.2) is 29.3 Å². The van der Waals surface area contributed by atoms with Crippen LogP contribution in [0.3, 0.4) is 0 Å². The first-order valence-corrected chi connectivity index (χ1v) is 6.91. The number of anilines is 2. The highest BCUT2D eigenvalue weighted by Gasteiger charge is 2.22. The van der Waals surface area contributed by atoms with Crippen LogP contribution in [0.4, 0.5) is 11.5 Å². The minimum Gasteiger partial charge on any atom is -0.393 e. The highest BCUT2D eigenvalue weighted by Crippen LogP contribution is 2.24. The van der Waals surface area contributed by atoms with Crippen LogP contribution in [0.2, 0.25) is 0 Å². The second-order valence-corrected chi connectivity index (χ2v) is 4.95. The standard InChI is InChI=1S/C14H23N3O/c1-2-15-14-9-12(7-8-16-14)17-10-11-5-3-4-6-13(11)18/h7-9,11,13,18H,2-6,10H2,1H3,(H2,15,16,17). The Morgan fingerprint density at radius 3 is 2.94 bits per heavy atom. The summed E-state index contributed by atoms with van der Waals surface area (Å²) in [5.74, 6) is 1.28. The molecule has 0 spiro atoms. The monoisotopic (exact) mass is 249 g/mol. The van der Waals surface area contributed by atoms with Crippen LogP contribution < -0.4 is 10.6 Å². The molecular weight excluding hydrogens is 226 g/mol. The summed E-state index contributed by atoms with van der Waals surface area (Å²) in [4.78, 5) is 4.24. The van der Waals surface area contributed by atoms with Gasteiger partial charge in [0.05, 0.1) is 6.10 Å². The molecule has 18 heavy (non-hydrogen) atoms. The predicted octanol–water partition coefficient (Wildman–Crippen LogP) is 2.48. The van der Waals surface area contributed by atoms with E-state index < -0.39 is 0 Å². The van der Waals surface area contributed by atoms with Gasteiger partial charge in [-0.05, 0) is 25.8 Å². The average molecular weight is 249 g/mol. The first-order valence-electron chi connectivity index (χ1n) is 6.91. The summed E-state index contributed by atoms with van der Waals surface area (Å²) in [6.07, 6.45) is 6.14. The molecule has 0 saturated heterocycles. The van der Waals surface area contributed by atoms with Crippen molar-refractivity contribution in [3.63, 3.8) is 0 Å². The first kappa shape index (κ1) is 13.1. The number of nitrogens with one attached hydrogen (secondary N) is 2. The van der Waals surface area contributed by atoms with Gasteiger partial charge in [-0.15, -0.1) is 0 Å². The van der Waals surface area contributed by atoms with Gasteiger partial charge < -0.3 is 15.7 Å². The zero-order chi connectivity index (χ0) is 12.8. The van der Waals surface area contributed by atoms with E-state index in [-0.39, 0.29) is 6.10 Å². The van der Waals surface area contributed by atoms with E-state index in [0.717, 1.165) is 43.9 Å². The van der Waals surface area contributed by atoms with Crippen LogP contribution in [0.5, 0.6) is 0 Å². The Kier molecular flexibility index (Phi) is 4.81. The molecule has 1 saturated carbocycles. The zero-order valence-corrected chi connectivity index (χ0v) is 11.0. The van der Waals surface area contributed by atoms with Crippen molar-refractivity contribution in [2.45, 2.75) is 38.7 Å². The Hall–Kier alpha value is -1.29. The van der Waals surface area contributed by atoms with E-state index in [4.69, 9.17) is 0 Å². The van der Waals surface area contributed by atoms with E-state index in [1.807, 2.05) is 12.1 Å². The summed E-state index contributed by atoms with van der Waals surface area (Å²) in [5, 5.41) is 16.5. The van der Waals surface area contributed by atoms with Gasteiger partial charge in [0.25, 0.3) is 0 Å². The smallest absolute Gasteiger partial charge is 0.127 e. The Labute approximate surface area is 109 Å². The number of rotatable bonds is 5. The third kappa shape index (κ3) is 3.60. The van der Waals surface area contributed by atoms with Crippen LogP contribution in [0, 0.1) is 5.92 Å². The maximum atomic E-state index is 9.92. The maximum Gasteiger partial charge on any atom is 0.127 e. The van der Waals surface area contributed by atoms with Crippen molar-refractivity contribution in [1.82, 2.24) is 4.98 Å². The lowest BCUT2D eigenvalue weighted by Crippen LogP contribution is -2.30. The van der Waals surface area contributed by atoms with Gasteiger partial charge in [0.1, 0.15) is 5.82 Å². The second-order valence-electron chi connectivity index (χ2n) is 4.95. The lowest BCUT2D eigenvalue weighted by atomic mass is 9.86. The molecule has 3 N–H and O–H groups in total. The molecule has 2 rings (SSSR count). The van der Waals surface area contributed by atoms with Gasteiger partial charge in [0.2, 0.25) is 0 Å². The molecule has 0 aromatic carbocycles. The molecule has 1 fully saturated rings. The Balaban J connectivity index is 1.87. The molecule has 0 amide bonds. The fourth-order valence-corrected chi connectivity index (χ4v) is 2.49. The van der Waals surface area contributed by atoms with E-state index in [1.54, 1.807) is 6.20 Å². The van der Waals surface area contributed by atoms with E-state index in [0.29, 0.717) is 5.92 Å². The van der Waals surface area contributed by atoms with Crippen LogP contribution in [0.25, 0.3) is 0 Å². The second kappa shape index (κ2) is 6.59. The van der Waals surface area contributed by atoms with Gasteiger partial charge in [-0.3, -0.25) is 0 Å². The van der Waals surface area contributed by atoms with Crippen LogP contribution in [0.15, 0.2) is 18.3 Å². The number of hydrogen-bond acceptors (Lipinski definition) is 4. The summed E-state index contributed by atoms with van der Waals surface area (Å²) in [6, 6.07) is 3.98. The van der Waals surface area contributed by atoms with E-state index in [9.17, 15) is 5.11 Å². The molecule has 0 bridgehead atoms. The molecule has 1 heterocycles. The van der Waals surface area contributed by atoms with E-state index in [2.05, 4.69) is 22.5 Å². The Morgan fingerprint density at radius 2 is 2.17 bits per heavy atom. The molecule has 1 aliphatic rings. The molecule has 1 aliphatic carbocycles. The average Bonchev–Trinajstić information content (AvgIpc) is 2.39. The summed E-state index contributed by atoms with van der Waals surface area (Å²) in [5.41, 5.74) is 1.07. The normalized spacial score (nSPS) is 23.7. The van der Waals surface area contributed by atoms with Crippen LogP contribution >= 0.6 is 0 Å². The van der Waals surface area contributed by atoms with Crippen LogP contribution in [0.1, 0.15) is 32.6 Å². The SMILES string of the molecule is CCNc1cc(NCC2CCCCC2O)ccn1. The van der Waals surface area contributed by atoms with Gasteiger partial charge in [-0.1, -0.05) is 12.8 Å². The molecule has 0 aliphatic heterocycles. The molecule has 1 aromatic rings. The van der Waals surface area contributed by atoms with Gasteiger partial charge in [-0.25, -0.2) is 4.98 Å². The van der Waals surface area contributed by atoms with Crippen molar-refractivity contribution in [1.29, 1.82) is 0 Å². The highest BCUT2D eigenvalue weighted by molar-refractivity contribution is 5.51. The number of aliphatic hydroxyl groups excluding tert-OH is 1. The number of hydrogen-bond donors (Lipinski definition) is 3. The van der Waals surface area contributed by atoms with Crippen molar-refractivity contribution < 1.29 is 5.11 Å². The van der Waals surface area contributed by atoms with Crippen LogP contribution in [-0.2, 0) is 0 Å². The highest BCUT2D eigenvalue weighted by atomic mass is 16.3. The van der Waals surface area contributed by atoms with Gasteiger partial charge in [0, 0.05) is 37.0 Å². The fraction of sp³-hybridized carbons (Fsp3) is 0.643. The van der Waals surface area contributed by atoms with Crippen molar-refractivity contribution >= 4 is 11.5 Å². The molecule has 0 radical (unpaired) electrons. The van der Waals surface area contributed by atoms with Crippen molar-refractivity contribution in [3.05, 3.63) is 18.3 Å². The number of aliphatic hydroxyl groups is 1. The lowest BCUT2D eigenvalue weighted by molar-refractivity contribution is 0.0763. The lowest BCUT2D eigenvalue weighted by Gasteiger charge is -2.28. The minimum absolute atomic E-state index is 0.138. The minimum atomic E-state index is -0.138. The summed E-state index contributed by atoms with van der Waals surface area (Å²) < 4.78 is 0. The zero-order valence-electron chi connectivity index (χ0n) is 11.0. The Bertz CT molecular complexity index is 370. The molecule has 4 nitrogen and oxygen atoms in total. The summed E-state index contributed by atoms with van der Waals surface area (Å²) in [7, 11) is 0. The maximum absolute atomic E-state index is 9.92. The first-order chi connectivity index (χ1) is 8.79. The topological polar surface area (TPSA) is 57.2 Å². The molecule has 100 valence electrons. The van der Waals surface area contributed by atoms with Crippen molar-refractivity contribution in [2.24, 2.45) is 5.92 Å². The van der Waals surface area contributed by atoms with Crippen molar-refractivity contribution in [3.8, 4) is 0 Å². The predicted molar refractivity (Wildman–Crippen MR) is 74.9 cm³/mol. The third-order valence-electron chi connectivity index (χ3n) is 3.56. The summed E-state index contributed by atoms with van der Waals surface area (Å²) >= 11 is 0. The number of nitrogens with zero attached hydrogens (tertiary/aromatic N) is 1. The number of aromatic nitrogens is 1. The largest absolute Gasteiger partial charge is 0.393 e. The van der Waals surface area contributed by atoms with E-state index in [1.165, 1.54) is 6.42 Å². The molecular formula is C14H23N3O. The third-order valence-corrected chi connectivity index (χ3v) is 3.56. The number of pyridine rings is 1.